The third kappa shape index (κ3) is 4.37. The molecule has 0 aliphatic heterocycles. The molecule has 9 aliphatic rings. The molecule has 0 saturated heterocycles. The van der Waals surface area contributed by atoms with Crippen molar-refractivity contribution in [2.24, 2.45) is 29.6 Å². The van der Waals surface area contributed by atoms with Gasteiger partial charge in [-0.3, -0.25) is 0 Å². The smallest absolute Gasteiger partial charge is 0.0196 e. The Morgan fingerprint density at radius 1 is 0.650 bits per heavy atom. The zero-order valence-corrected chi connectivity index (χ0v) is 34.4. The molecule has 14 rings (SSSR count). The van der Waals surface area contributed by atoms with E-state index in [1.165, 1.54) is 106 Å². The molecule has 0 saturated carbocycles. The van der Waals surface area contributed by atoms with Crippen molar-refractivity contribution in [2.75, 3.05) is 0 Å². The predicted molar refractivity (Wildman–Crippen MR) is 251 cm³/mol. The molecular formula is C60H46. The van der Waals surface area contributed by atoms with E-state index in [0.717, 1.165) is 19.3 Å². The molecule has 0 amide bonds. The largest absolute Gasteiger partial charge is 0.0842 e. The molecule has 5 aromatic carbocycles. The molecule has 60 heavy (non-hydrogen) atoms. The second-order valence-electron chi connectivity index (χ2n) is 18.9. The summed E-state index contributed by atoms with van der Waals surface area (Å²) in [5, 5.41) is 5.73. The maximum Gasteiger partial charge on any atom is 0.0196 e. The molecule has 0 spiro atoms. The summed E-state index contributed by atoms with van der Waals surface area (Å²) in [4.78, 5) is 0. The van der Waals surface area contributed by atoms with E-state index in [9.17, 15) is 0 Å². The number of fused-ring (bicyclic) bond motifs is 8. The van der Waals surface area contributed by atoms with E-state index in [-0.39, 0.29) is 0 Å². The molecule has 9 aliphatic carbocycles. The van der Waals surface area contributed by atoms with Gasteiger partial charge in [-0.15, -0.1) is 0 Å². The summed E-state index contributed by atoms with van der Waals surface area (Å²) < 4.78 is 0. The van der Waals surface area contributed by atoms with Gasteiger partial charge in [0.1, 0.15) is 0 Å². The number of benzene rings is 5. The molecule has 5 atom stereocenters. The molecular weight excluding hydrogens is 721 g/mol. The molecule has 0 aromatic heterocycles. The molecule has 0 fully saturated rings. The van der Waals surface area contributed by atoms with Gasteiger partial charge in [0.05, 0.1) is 0 Å². The zero-order chi connectivity index (χ0) is 39.4. The summed E-state index contributed by atoms with van der Waals surface area (Å²) in [6.07, 6.45) is 30.5. The predicted octanol–water partition coefficient (Wildman–Crippen LogP) is 13.6. The van der Waals surface area contributed by atoms with Crippen LogP contribution in [0, 0.1) is 29.6 Å². The van der Waals surface area contributed by atoms with Gasteiger partial charge in [-0.2, -0.15) is 0 Å². The highest BCUT2D eigenvalue weighted by atomic mass is 14.5. The summed E-state index contributed by atoms with van der Waals surface area (Å²) in [6, 6.07) is 35.3. The first-order chi connectivity index (χ1) is 29.6. The van der Waals surface area contributed by atoms with E-state index in [4.69, 9.17) is 0 Å². The van der Waals surface area contributed by atoms with Crippen LogP contribution in [0.4, 0.5) is 0 Å². The maximum atomic E-state index is 2.67. The number of hydrogen-bond acceptors (Lipinski definition) is 0. The molecule has 5 unspecified atom stereocenters. The van der Waals surface area contributed by atoms with Gasteiger partial charge in [-0.25, -0.2) is 0 Å². The third-order valence-electron chi connectivity index (χ3n) is 15.9. The van der Waals surface area contributed by atoms with E-state index in [0.29, 0.717) is 29.6 Å². The Morgan fingerprint density at radius 2 is 1.43 bits per heavy atom. The number of allylic oxidation sites excluding steroid dienone is 18. The Hall–Kier alpha value is -6.24. The molecule has 0 heteroatoms. The van der Waals surface area contributed by atoms with Crippen molar-refractivity contribution in [1.29, 1.82) is 0 Å². The lowest BCUT2D eigenvalue weighted by atomic mass is 9.61. The SMILES string of the molecule is CC1=CC=CC(C)C1C1=CC2C=CC3=C4C5=C(CC3)c3c(c(-c6ccccc6)c6cc7c(cc6c3-c3ccccc3)C3=c6c-7cccc6=C6C=CCCC6C3)C5=CC(=C1)C42. The average molecular weight is 767 g/mol. The molecule has 286 valence electrons. The summed E-state index contributed by atoms with van der Waals surface area (Å²) in [5.74, 6) is 2.23. The van der Waals surface area contributed by atoms with Gasteiger partial charge < -0.3 is 0 Å². The van der Waals surface area contributed by atoms with Crippen LogP contribution in [0.25, 0.3) is 66.4 Å². The highest BCUT2D eigenvalue weighted by molar-refractivity contribution is 6.22. The summed E-state index contributed by atoms with van der Waals surface area (Å²) in [7, 11) is 0. The van der Waals surface area contributed by atoms with Gasteiger partial charge in [0.25, 0.3) is 0 Å². The van der Waals surface area contributed by atoms with E-state index in [2.05, 4.69) is 166 Å². The number of rotatable bonds is 3. The number of hydrogen-bond donors (Lipinski definition) is 0. The van der Waals surface area contributed by atoms with Crippen molar-refractivity contribution in [3.63, 3.8) is 0 Å². The van der Waals surface area contributed by atoms with Crippen molar-refractivity contribution in [1.82, 2.24) is 0 Å². The van der Waals surface area contributed by atoms with E-state index >= 15 is 0 Å². The minimum absolute atomic E-state index is 0.372. The lowest BCUT2D eigenvalue weighted by molar-refractivity contribution is 0.526. The van der Waals surface area contributed by atoms with E-state index < -0.39 is 0 Å². The second kappa shape index (κ2) is 12.2. The Kier molecular flexibility index (Phi) is 6.81. The fourth-order valence-electron chi connectivity index (χ4n) is 13.5. The molecule has 0 N–H and O–H groups in total. The standard InChI is InChI=1S/C60H46/c1-33-13-11-14-34(2)52(33)40-27-39-24-23-37-25-26-45-58-51(30-41(28-40)53(39)56(37)58)60-55(36-17-7-4-8-18-36)49-31-46-44-22-12-21-43-42-20-10-9-19-38(42)29-48(57(43)44)47(46)32-50(49)54(59(45)60)35-15-5-3-6-16-35/h3-8,10-18,20-24,27-28,30-33,38-39,52-53H,9,19,25-26,29H2,1-2H3. The van der Waals surface area contributed by atoms with Crippen LogP contribution in [0.1, 0.15) is 62.6 Å². The molecule has 0 heterocycles. The minimum atomic E-state index is 0.372. The van der Waals surface area contributed by atoms with Crippen molar-refractivity contribution in [3.8, 4) is 33.4 Å². The van der Waals surface area contributed by atoms with Gasteiger partial charge in [0.15, 0.2) is 0 Å². The first-order valence-electron chi connectivity index (χ1n) is 22.6. The fourth-order valence-corrected chi connectivity index (χ4v) is 13.5. The lowest BCUT2D eigenvalue weighted by Gasteiger charge is -2.42. The first kappa shape index (κ1) is 33.6. The lowest BCUT2D eigenvalue weighted by Crippen LogP contribution is -2.35. The minimum Gasteiger partial charge on any atom is -0.0842 e. The van der Waals surface area contributed by atoms with Gasteiger partial charge in [-0.1, -0.05) is 146 Å². The topological polar surface area (TPSA) is 0 Å². The van der Waals surface area contributed by atoms with Crippen LogP contribution in [-0.2, 0) is 0 Å². The van der Waals surface area contributed by atoms with Crippen LogP contribution in [0.5, 0.6) is 0 Å². The molecule has 0 radical (unpaired) electrons. The van der Waals surface area contributed by atoms with Gasteiger partial charge in [-0.05, 0) is 191 Å². The van der Waals surface area contributed by atoms with E-state index in [1.807, 2.05) is 0 Å². The van der Waals surface area contributed by atoms with Gasteiger partial charge in [0.2, 0.25) is 0 Å². The van der Waals surface area contributed by atoms with Crippen LogP contribution in [0.15, 0.2) is 185 Å². The summed E-state index contributed by atoms with van der Waals surface area (Å²) in [5.41, 5.74) is 28.0. The molecule has 5 aromatic rings. The molecule has 0 bridgehead atoms. The normalized spacial score (nSPS) is 25.7. The van der Waals surface area contributed by atoms with Crippen LogP contribution in [0.3, 0.4) is 0 Å². The fraction of sp³-hybridized carbons (Fsp3) is 0.200. The van der Waals surface area contributed by atoms with Crippen LogP contribution in [-0.4, -0.2) is 0 Å². The highest BCUT2D eigenvalue weighted by Gasteiger charge is 2.46. The Balaban J connectivity index is 1.11. The maximum absolute atomic E-state index is 2.67. The average Bonchev–Trinajstić information content (AvgIpc) is 3.78. The third-order valence-corrected chi connectivity index (χ3v) is 15.9. The van der Waals surface area contributed by atoms with E-state index in [1.54, 1.807) is 33.4 Å². The zero-order valence-electron chi connectivity index (χ0n) is 34.4. The Morgan fingerprint density at radius 3 is 2.23 bits per heavy atom. The summed E-state index contributed by atoms with van der Waals surface area (Å²) >= 11 is 0. The van der Waals surface area contributed by atoms with Crippen LogP contribution >= 0.6 is 0 Å². The summed E-state index contributed by atoms with van der Waals surface area (Å²) in [6.45, 7) is 4.73. The van der Waals surface area contributed by atoms with Crippen molar-refractivity contribution < 1.29 is 0 Å². The molecule has 0 nitrogen and oxygen atoms in total. The second-order valence-corrected chi connectivity index (χ2v) is 18.9. The quantitative estimate of drug-likeness (QED) is 0.172. The van der Waals surface area contributed by atoms with Crippen LogP contribution < -0.4 is 10.4 Å². The van der Waals surface area contributed by atoms with Gasteiger partial charge >= 0.3 is 0 Å². The first-order valence-corrected chi connectivity index (χ1v) is 22.6. The van der Waals surface area contributed by atoms with Gasteiger partial charge in [0, 0.05) is 17.8 Å². The van der Waals surface area contributed by atoms with Crippen molar-refractivity contribution in [2.45, 2.75) is 46.0 Å². The monoisotopic (exact) mass is 766 g/mol. The Labute approximate surface area is 352 Å². The Bertz CT molecular complexity index is 3280. The highest BCUT2D eigenvalue weighted by Crippen LogP contribution is 2.64. The van der Waals surface area contributed by atoms with Crippen LogP contribution in [0.2, 0.25) is 0 Å². The van der Waals surface area contributed by atoms with Crippen molar-refractivity contribution >= 4 is 33.1 Å². The van der Waals surface area contributed by atoms with Crippen molar-refractivity contribution in [3.05, 3.63) is 212 Å².